The van der Waals surface area contributed by atoms with Crippen molar-refractivity contribution in [2.75, 3.05) is 0 Å². The van der Waals surface area contributed by atoms with Crippen molar-refractivity contribution in [3.05, 3.63) is 57.0 Å². The molecule has 5 nitrogen and oxygen atoms in total. The van der Waals surface area contributed by atoms with E-state index in [2.05, 4.69) is 28.7 Å². The van der Waals surface area contributed by atoms with Gasteiger partial charge < -0.3 is 14.7 Å². The van der Waals surface area contributed by atoms with Crippen LogP contribution >= 0.6 is 0 Å². The second-order valence-electron chi connectivity index (χ2n) is 6.99. The smallest absolute Gasteiger partial charge is 0.341 e. The molecule has 0 saturated carbocycles. The molecule has 0 radical (unpaired) electrons. The number of rotatable bonds is 3. The summed E-state index contributed by atoms with van der Waals surface area (Å²) in [5.41, 5.74) is 5.77. The van der Waals surface area contributed by atoms with E-state index in [1.165, 1.54) is 41.1 Å². The number of aromatic carboxylic acids is 1. The van der Waals surface area contributed by atoms with E-state index < -0.39 is 11.5 Å². The molecular formula is C21H22N2O3. The molecule has 134 valence electrons. The summed E-state index contributed by atoms with van der Waals surface area (Å²) < 4.78 is 2.28. The molecule has 3 aromatic rings. The molecule has 0 saturated heterocycles. The van der Waals surface area contributed by atoms with Gasteiger partial charge in [-0.1, -0.05) is 13.0 Å². The van der Waals surface area contributed by atoms with Crippen LogP contribution in [0.1, 0.15) is 46.9 Å². The lowest BCUT2D eigenvalue weighted by molar-refractivity contribution is 0.0695. The number of carboxylic acid groups (broad SMARTS) is 1. The molecule has 0 fully saturated rings. The Hall–Kier alpha value is -2.82. The Morgan fingerprint density at radius 1 is 1.23 bits per heavy atom. The molecule has 5 heteroatoms. The van der Waals surface area contributed by atoms with Crippen LogP contribution in [-0.4, -0.2) is 20.6 Å². The third kappa shape index (κ3) is 2.46. The molecule has 2 N–H and O–H groups in total. The number of aromatic nitrogens is 2. The Balaban J connectivity index is 1.94. The normalized spacial score (nSPS) is 13.8. The van der Waals surface area contributed by atoms with Gasteiger partial charge in [0, 0.05) is 23.6 Å². The number of carboxylic acids is 1. The van der Waals surface area contributed by atoms with Crippen molar-refractivity contribution < 1.29 is 9.90 Å². The molecule has 0 unspecified atom stereocenters. The molecule has 0 atom stereocenters. The highest BCUT2D eigenvalue weighted by Crippen LogP contribution is 2.34. The van der Waals surface area contributed by atoms with Crippen molar-refractivity contribution in [1.29, 1.82) is 0 Å². The van der Waals surface area contributed by atoms with E-state index in [0.717, 1.165) is 29.7 Å². The van der Waals surface area contributed by atoms with Crippen LogP contribution in [0.4, 0.5) is 0 Å². The molecule has 0 amide bonds. The SMILES string of the molecule is CCc1cc(C(=O)O)c(=O)[nH]c1-c1ccc2c(c1)c1c(n2C)CCCC1. The molecule has 1 aliphatic rings. The number of aromatic amines is 1. The van der Waals surface area contributed by atoms with Crippen molar-refractivity contribution in [2.45, 2.75) is 39.0 Å². The quantitative estimate of drug-likeness (QED) is 0.757. The van der Waals surface area contributed by atoms with E-state index in [9.17, 15) is 14.7 Å². The standard InChI is InChI=1S/C21H22N2O3/c1-3-12-10-16(21(25)26)20(24)22-19(12)13-8-9-18-15(11-13)14-6-4-5-7-17(14)23(18)2/h8-11H,3-7H2,1-2H3,(H,22,24)(H,25,26). The fourth-order valence-electron chi connectivity index (χ4n) is 4.19. The maximum absolute atomic E-state index is 12.2. The van der Waals surface area contributed by atoms with Gasteiger partial charge in [-0.05, 0) is 67.0 Å². The van der Waals surface area contributed by atoms with E-state index in [1.54, 1.807) is 0 Å². The minimum Gasteiger partial charge on any atom is -0.477 e. The van der Waals surface area contributed by atoms with Gasteiger partial charge in [0.2, 0.25) is 0 Å². The van der Waals surface area contributed by atoms with Crippen LogP contribution in [0.15, 0.2) is 29.1 Å². The van der Waals surface area contributed by atoms with Crippen molar-refractivity contribution >= 4 is 16.9 Å². The molecule has 0 aliphatic heterocycles. The van der Waals surface area contributed by atoms with Crippen LogP contribution in [0.5, 0.6) is 0 Å². The van der Waals surface area contributed by atoms with Gasteiger partial charge in [-0.25, -0.2) is 4.79 Å². The average molecular weight is 350 g/mol. The van der Waals surface area contributed by atoms with Gasteiger partial charge in [-0.3, -0.25) is 4.79 Å². The zero-order chi connectivity index (χ0) is 18.4. The van der Waals surface area contributed by atoms with Gasteiger partial charge in [-0.15, -0.1) is 0 Å². The molecule has 1 aromatic carbocycles. The highest BCUT2D eigenvalue weighted by Gasteiger charge is 2.20. The van der Waals surface area contributed by atoms with E-state index in [0.29, 0.717) is 6.42 Å². The summed E-state index contributed by atoms with van der Waals surface area (Å²) in [6.07, 6.45) is 5.29. The van der Waals surface area contributed by atoms with E-state index in [4.69, 9.17) is 0 Å². The number of fused-ring (bicyclic) bond motifs is 3. The molecule has 2 heterocycles. The van der Waals surface area contributed by atoms with E-state index >= 15 is 0 Å². The van der Waals surface area contributed by atoms with Crippen LogP contribution in [0.25, 0.3) is 22.2 Å². The lowest BCUT2D eigenvalue weighted by atomic mass is 9.94. The van der Waals surface area contributed by atoms with Crippen LogP contribution in [0, 0.1) is 0 Å². The third-order valence-electron chi connectivity index (χ3n) is 5.55. The zero-order valence-electron chi connectivity index (χ0n) is 15.1. The molecular weight excluding hydrogens is 328 g/mol. The maximum atomic E-state index is 12.2. The Labute approximate surface area is 151 Å². The summed E-state index contributed by atoms with van der Waals surface area (Å²) in [7, 11) is 2.12. The predicted molar refractivity (Wildman–Crippen MR) is 102 cm³/mol. The monoisotopic (exact) mass is 350 g/mol. The molecule has 0 bridgehead atoms. The van der Waals surface area contributed by atoms with E-state index in [1.807, 2.05) is 13.0 Å². The zero-order valence-corrected chi connectivity index (χ0v) is 15.1. The Kier molecular flexibility index (Phi) is 3.94. The molecule has 26 heavy (non-hydrogen) atoms. The highest BCUT2D eigenvalue weighted by molar-refractivity contribution is 5.91. The number of carbonyl (C=O) groups is 1. The van der Waals surface area contributed by atoms with Gasteiger partial charge in [0.1, 0.15) is 5.56 Å². The molecule has 1 aliphatic carbocycles. The summed E-state index contributed by atoms with van der Waals surface area (Å²) in [6, 6.07) is 7.76. The van der Waals surface area contributed by atoms with Crippen LogP contribution in [-0.2, 0) is 26.3 Å². The minimum atomic E-state index is -1.19. The third-order valence-corrected chi connectivity index (χ3v) is 5.55. The first-order valence-corrected chi connectivity index (χ1v) is 9.11. The second-order valence-corrected chi connectivity index (χ2v) is 6.99. The van der Waals surface area contributed by atoms with Gasteiger partial charge in [-0.2, -0.15) is 0 Å². The lowest BCUT2D eigenvalue weighted by Crippen LogP contribution is -2.19. The highest BCUT2D eigenvalue weighted by atomic mass is 16.4. The first-order valence-electron chi connectivity index (χ1n) is 9.11. The summed E-state index contributed by atoms with van der Waals surface area (Å²) >= 11 is 0. The van der Waals surface area contributed by atoms with Crippen LogP contribution in [0.2, 0.25) is 0 Å². The number of nitrogens with zero attached hydrogens (tertiary/aromatic N) is 1. The maximum Gasteiger partial charge on any atom is 0.341 e. The average Bonchev–Trinajstić information content (AvgIpc) is 2.93. The predicted octanol–water partition coefficient (Wildman–Crippen LogP) is 3.67. The number of aryl methyl sites for hydroxylation is 3. The number of H-pyrrole nitrogens is 1. The number of nitrogens with one attached hydrogen (secondary N) is 1. The number of benzene rings is 1. The topological polar surface area (TPSA) is 75.1 Å². The van der Waals surface area contributed by atoms with Gasteiger partial charge >= 0.3 is 5.97 Å². The molecule has 2 aromatic heterocycles. The molecule has 4 rings (SSSR count). The van der Waals surface area contributed by atoms with Gasteiger partial charge in [0.25, 0.3) is 5.56 Å². The Morgan fingerprint density at radius 3 is 2.73 bits per heavy atom. The first kappa shape index (κ1) is 16.6. The van der Waals surface area contributed by atoms with Crippen molar-refractivity contribution in [3.63, 3.8) is 0 Å². The van der Waals surface area contributed by atoms with Crippen molar-refractivity contribution in [1.82, 2.24) is 9.55 Å². The Bertz CT molecular complexity index is 1090. The summed E-state index contributed by atoms with van der Waals surface area (Å²) in [6.45, 7) is 1.96. The summed E-state index contributed by atoms with van der Waals surface area (Å²) in [5.74, 6) is -1.19. The van der Waals surface area contributed by atoms with Gasteiger partial charge in [0.15, 0.2) is 0 Å². The van der Waals surface area contributed by atoms with Crippen LogP contribution in [0.3, 0.4) is 0 Å². The second kappa shape index (κ2) is 6.16. The lowest BCUT2D eigenvalue weighted by Gasteiger charge is -2.13. The number of hydrogen-bond donors (Lipinski definition) is 2. The fourth-order valence-corrected chi connectivity index (χ4v) is 4.19. The summed E-state index contributed by atoms with van der Waals surface area (Å²) in [5, 5.41) is 10.4. The number of pyridine rings is 1. The largest absolute Gasteiger partial charge is 0.477 e. The minimum absolute atomic E-state index is 0.205. The van der Waals surface area contributed by atoms with Crippen molar-refractivity contribution in [3.8, 4) is 11.3 Å². The van der Waals surface area contributed by atoms with Crippen LogP contribution < -0.4 is 5.56 Å². The fraction of sp³-hybridized carbons (Fsp3) is 0.333. The number of hydrogen-bond acceptors (Lipinski definition) is 2. The Morgan fingerprint density at radius 2 is 2.00 bits per heavy atom. The summed E-state index contributed by atoms with van der Waals surface area (Å²) in [4.78, 5) is 26.2. The molecule has 0 spiro atoms. The van der Waals surface area contributed by atoms with E-state index in [-0.39, 0.29) is 5.56 Å². The first-order chi connectivity index (χ1) is 12.5. The van der Waals surface area contributed by atoms with Gasteiger partial charge in [0.05, 0.1) is 5.69 Å². The van der Waals surface area contributed by atoms with Crippen molar-refractivity contribution in [2.24, 2.45) is 7.05 Å².